The summed E-state index contributed by atoms with van der Waals surface area (Å²) >= 11 is 0. The lowest BCUT2D eigenvalue weighted by molar-refractivity contribution is 0.286. The monoisotopic (exact) mass is 877 g/mol. The smallest absolute Gasteiger partial charge is 0.330 e. The Balaban J connectivity index is 0.000000191. The minimum absolute atomic E-state index is 0.0643. The number of hydrogen-bond donors (Lipinski definition) is 2. The summed E-state index contributed by atoms with van der Waals surface area (Å²) in [5, 5.41) is 0. The van der Waals surface area contributed by atoms with Crippen molar-refractivity contribution in [3.05, 3.63) is 91.8 Å². The third-order valence-electron chi connectivity index (χ3n) is 12.0. The largest absolute Gasteiger partial charge is 0.463 e. The molecule has 2 aromatic carbocycles. The lowest BCUT2D eigenvalue weighted by Gasteiger charge is -2.15. The second-order valence-corrected chi connectivity index (χ2v) is 17.5. The first-order valence-electron chi connectivity index (χ1n) is 23.5. The molecule has 0 amide bonds. The van der Waals surface area contributed by atoms with Crippen LogP contribution in [0.3, 0.4) is 0 Å². The van der Waals surface area contributed by atoms with E-state index in [9.17, 15) is 9.59 Å². The van der Waals surface area contributed by atoms with Crippen LogP contribution < -0.4 is 32.3 Å². The van der Waals surface area contributed by atoms with Crippen LogP contribution in [0.4, 0.5) is 11.6 Å². The zero-order chi connectivity index (χ0) is 45.2. The van der Waals surface area contributed by atoms with Crippen molar-refractivity contribution in [1.29, 1.82) is 0 Å². The minimum Gasteiger partial charge on any atom is -0.463 e. The topological polar surface area (TPSA) is 182 Å². The van der Waals surface area contributed by atoms with Crippen molar-refractivity contribution in [3.63, 3.8) is 0 Å². The van der Waals surface area contributed by atoms with Crippen LogP contribution in [-0.2, 0) is 32.7 Å². The molecule has 0 atom stereocenters. The summed E-state index contributed by atoms with van der Waals surface area (Å²) in [5.74, 6) is 0.558. The van der Waals surface area contributed by atoms with E-state index in [0.717, 1.165) is 82.5 Å². The molecule has 0 radical (unpaired) electrons. The maximum absolute atomic E-state index is 13.4. The molecule has 2 saturated heterocycles. The van der Waals surface area contributed by atoms with Gasteiger partial charge >= 0.3 is 23.4 Å². The van der Waals surface area contributed by atoms with Crippen LogP contribution in [0, 0.1) is 0 Å². The number of nitrogens with two attached hydrogens (primary N) is 2. The van der Waals surface area contributed by atoms with Gasteiger partial charge in [-0.1, -0.05) is 82.1 Å². The number of fused-ring (bicyclic) bond motifs is 2. The molecule has 64 heavy (non-hydrogen) atoms. The van der Waals surface area contributed by atoms with Gasteiger partial charge in [-0.3, -0.25) is 28.1 Å². The van der Waals surface area contributed by atoms with E-state index in [2.05, 4.69) is 92.1 Å². The maximum atomic E-state index is 13.4. The summed E-state index contributed by atoms with van der Waals surface area (Å²) in [6.45, 7) is 19.2. The van der Waals surface area contributed by atoms with Crippen LogP contribution in [0.1, 0.15) is 121 Å². The highest BCUT2D eigenvalue weighted by Crippen LogP contribution is 2.25. The zero-order valence-corrected chi connectivity index (χ0v) is 38.6. The second kappa shape index (κ2) is 21.8. The highest BCUT2D eigenvalue weighted by atomic mass is 16.5. The Morgan fingerprint density at radius 3 is 1.47 bits per heavy atom. The van der Waals surface area contributed by atoms with Crippen molar-refractivity contribution < 1.29 is 9.47 Å². The lowest BCUT2D eigenvalue weighted by Crippen LogP contribution is -2.26. The van der Waals surface area contributed by atoms with Crippen LogP contribution in [0.2, 0.25) is 0 Å². The number of likely N-dealkylation sites (tertiary alicyclic amines) is 2. The van der Waals surface area contributed by atoms with E-state index in [1.165, 1.54) is 36.8 Å². The van der Waals surface area contributed by atoms with Crippen molar-refractivity contribution >= 4 is 34.0 Å². The Morgan fingerprint density at radius 2 is 1.02 bits per heavy atom. The summed E-state index contributed by atoms with van der Waals surface area (Å²) in [6.07, 6.45) is 9.76. The lowest BCUT2D eigenvalue weighted by atomic mass is 10.1. The molecule has 0 spiro atoms. The molecule has 2 fully saturated rings. The van der Waals surface area contributed by atoms with E-state index in [4.69, 9.17) is 20.9 Å². The molecule has 4 aromatic heterocycles. The predicted molar refractivity (Wildman–Crippen MR) is 254 cm³/mol. The Morgan fingerprint density at radius 1 is 0.578 bits per heavy atom. The van der Waals surface area contributed by atoms with Crippen molar-refractivity contribution in [1.82, 2.24) is 48.0 Å². The highest BCUT2D eigenvalue weighted by molar-refractivity contribution is 5.84. The third kappa shape index (κ3) is 10.9. The molecular formula is C48H68N12O4. The van der Waals surface area contributed by atoms with E-state index in [1.54, 1.807) is 18.3 Å². The SMILES string of the molecule is CCCCOc1nc(N)c2c(n1)n(Cc1cccc(CN3CCCC3)c1)c(=O)n2C(C)C.CCCCOc1nc(N)c2c(n1)n(Cc1cccc(CN3CCCC3)c1)c(=O)n2CCC. The fraction of sp³-hybridized carbons (Fsp3) is 0.542. The Bertz CT molecular complexity index is 2600. The predicted octanol–water partition coefficient (Wildman–Crippen LogP) is 6.99. The molecule has 16 nitrogen and oxygen atoms in total. The van der Waals surface area contributed by atoms with Crippen LogP contribution in [-0.4, -0.2) is 87.4 Å². The van der Waals surface area contributed by atoms with E-state index in [-0.39, 0.29) is 41.1 Å². The van der Waals surface area contributed by atoms with Gasteiger partial charge in [-0.15, -0.1) is 0 Å². The van der Waals surface area contributed by atoms with Crippen LogP contribution >= 0.6 is 0 Å². The van der Waals surface area contributed by atoms with Crippen molar-refractivity contribution in [3.8, 4) is 12.0 Å². The van der Waals surface area contributed by atoms with E-state index in [1.807, 2.05) is 20.8 Å². The molecule has 0 aliphatic carbocycles. The number of hydrogen-bond acceptors (Lipinski definition) is 12. The summed E-state index contributed by atoms with van der Waals surface area (Å²) in [7, 11) is 0. The molecule has 16 heteroatoms. The summed E-state index contributed by atoms with van der Waals surface area (Å²) < 4.78 is 18.2. The molecule has 6 heterocycles. The van der Waals surface area contributed by atoms with Gasteiger partial charge in [0.25, 0.3) is 0 Å². The first-order chi connectivity index (χ1) is 31.1. The maximum Gasteiger partial charge on any atom is 0.330 e. The van der Waals surface area contributed by atoms with Crippen LogP contribution in [0.15, 0.2) is 58.1 Å². The molecule has 2 aliphatic heterocycles. The van der Waals surface area contributed by atoms with E-state index in [0.29, 0.717) is 55.2 Å². The van der Waals surface area contributed by atoms with Crippen molar-refractivity contribution in [2.75, 3.05) is 50.9 Å². The number of anilines is 2. The quantitative estimate of drug-likeness (QED) is 0.0798. The Kier molecular flexibility index (Phi) is 15.7. The number of rotatable bonds is 19. The molecule has 0 unspecified atom stereocenters. The van der Waals surface area contributed by atoms with E-state index >= 15 is 0 Å². The van der Waals surface area contributed by atoms with E-state index < -0.39 is 0 Å². The van der Waals surface area contributed by atoms with Gasteiger partial charge in [0.15, 0.2) is 22.9 Å². The normalized spacial score (nSPS) is 14.5. The third-order valence-corrected chi connectivity index (χ3v) is 12.0. The van der Waals surface area contributed by atoms with Crippen LogP contribution in [0.5, 0.6) is 12.0 Å². The van der Waals surface area contributed by atoms with Gasteiger partial charge in [-0.25, -0.2) is 9.59 Å². The number of nitrogen functional groups attached to an aromatic ring is 2. The van der Waals surface area contributed by atoms with Gasteiger partial charge in [0.1, 0.15) is 11.0 Å². The average Bonchev–Trinajstić information content (AvgIpc) is 4.08. The van der Waals surface area contributed by atoms with Crippen LogP contribution in [0.25, 0.3) is 22.3 Å². The number of ether oxygens (including phenoxy) is 2. The van der Waals surface area contributed by atoms with Crippen molar-refractivity contribution in [2.24, 2.45) is 0 Å². The number of imidazole rings is 2. The van der Waals surface area contributed by atoms with Gasteiger partial charge < -0.3 is 20.9 Å². The summed E-state index contributed by atoms with van der Waals surface area (Å²) in [6, 6.07) is 17.3. The summed E-state index contributed by atoms with van der Waals surface area (Å²) in [5.41, 5.74) is 19.2. The highest BCUT2D eigenvalue weighted by Gasteiger charge is 2.23. The molecule has 0 saturated carbocycles. The average molecular weight is 877 g/mol. The van der Waals surface area contributed by atoms with Gasteiger partial charge in [0, 0.05) is 25.7 Å². The van der Waals surface area contributed by atoms with Crippen molar-refractivity contribution in [2.45, 2.75) is 131 Å². The minimum atomic E-state index is -0.133. The summed E-state index contributed by atoms with van der Waals surface area (Å²) in [4.78, 5) is 49.5. The molecule has 344 valence electrons. The Hall–Kier alpha value is -5.74. The molecular weight excluding hydrogens is 809 g/mol. The number of unbranched alkanes of at least 4 members (excludes halogenated alkanes) is 2. The number of aromatic nitrogens is 8. The molecule has 6 aromatic rings. The fourth-order valence-corrected chi connectivity index (χ4v) is 8.75. The second-order valence-electron chi connectivity index (χ2n) is 17.5. The number of aryl methyl sites for hydroxylation is 1. The molecule has 8 rings (SSSR count). The standard InChI is InChI=1S/2C24H34N6O2/c1-4-5-13-32-23-26-21(25)20-22(27-23)29(24(31)30(20)17(2)3)16-19-10-8-9-18(14-19)15-28-11-6-7-12-28;1-3-5-14-32-23-26-21(25)20-22(27-23)30(24(31)29(20)11-4-2)17-19-10-8-9-18(15-19)16-28-12-6-7-13-28/h8-10,14,17H,4-7,11-13,15-16H2,1-3H3,(H2,25,26,27);8-10,15H,3-7,11-14,16-17H2,1-2H3,(H2,25,26,27). The molecule has 2 aliphatic rings. The van der Waals surface area contributed by atoms with Gasteiger partial charge in [0.2, 0.25) is 0 Å². The fourth-order valence-electron chi connectivity index (χ4n) is 8.75. The molecule has 0 bridgehead atoms. The van der Waals surface area contributed by atoms with Gasteiger partial charge in [-0.05, 0) is 107 Å². The first-order valence-corrected chi connectivity index (χ1v) is 23.5. The van der Waals surface area contributed by atoms with Gasteiger partial charge in [0.05, 0.1) is 26.3 Å². The number of benzene rings is 2. The Labute approximate surface area is 376 Å². The first kappa shape index (κ1) is 46.3. The zero-order valence-electron chi connectivity index (χ0n) is 38.6. The van der Waals surface area contributed by atoms with Gasteiger partial charge in [-0.2, -0.15) is 19.9 Å². The number of nitrogens with zero attached hydrogens (tertiary/aromatic N) is 10. The molecule has 4 N–H and O–H groups in total.